The fourth-order valence-corrected chi connectivity index (χ4v) is 2.38. The largest absolute Gasteiger partial charge is 0.378 e. The molecule has 1 saturated carbocycles. The van der Waals surface area contributed by atoms with Crippen LogP contribution in [0.1, 0.15) is 47.0 Å². The highest BCUT2D eigenvalue weighted by Crippen LogP contribution is 2.42. The molecule has 1 fully saturated rings. The molecule has 0 radical (unpaired) electrons. The third-order valence-corrected chi connectivity index (χ3v) is 3.77. The van der Waals surface area contributed by atoms with Crippen molar-refractivity contribution in [1.82, 2.24) is 5.32 Å². The molecule has 0 bridgehead atoms. The average Bonchev–Trinajstić information content (AvgIpc) is 2.15. The maximum absolute atomic E-state index is 5.94. The molecule has 0 aromatic rings. The lowest BCUT2D eigenvalue weighted by Crippen LogP contribution is -2.60. The Hall–Kier alpha value is -0.0800. The Morgan fingerprint density at radius 2 is 2.07 bits per heavy atom. The van der Waals surface area contributed by atoms with E-state index >= 15 is 0 Å². The molecule has 2 nitrogen and oxygen atoms in total. The molecular formula is C13H27NO. The lowest BCUT2D eigenvalue weighted by Gasteiger charge is -2.51. The SMILES string of the molecule is CNC1CC(OCCCC(C)C)C1(C)C. The van der Waals surface area contributed by atoms with Crippen molar-refractivity contribution in [3.8, 4) is 0 Å². The van der Waals surface area contributed by atoms with Crippen LogP contribution in [0, 0.1) is 11.3 Å². The number of hydrogen-bond acceptors (Lipinski definition) is 2. The first-order valence-corrected chi connectivity index (χ1v) is 6.27. The topological polar surface area (TPSA) is 21.3 Å². The summed E-state index contributed by atoms with van der Waals surface area (Å²) in [6.45, 7) is 10.1. The molecule has 2 atom stereocenters. The summed E-state index contributed by atoms with van der Waals surface area (Å²) in [5.74, 6) is 0.799. The van der Waals surface area contributed by atoms with Crippen molar-refractivity contribution in [3.63, 3.8) is 0 Å². The summed E-state index contributed by atoms with van der Waals surface area (Å²) in [6.07, 6.45) is 4.12. The van der Waals surface area contributed by atoms with Gasteiger partial charge in [0.05, 0.1) is 6.10 Å². The van der Waals surface area contributed by atoms with E-state index in [1.54, 1.807) is 0 Å². The van der Waals surface area contributed by atoms with Gasteiger partial charge < -0.3 is 10.1 Å². The molecule has 15 heavy (non-hydrogen) atoms. The molecule has 0 aliphatic heterocycles. The van der Waals surface area contributed by atoms with Crippen LogP contribution in [0.4, 0.5) is 0 Å². The van der Waals surface area contributed by atoms with Crippen molar-refractivity contribution >= 4 is 0 Å². The van der Waals surface area contributed by atoms with Crippen LogP contribution in [-0.4, -0.2) is 25.8 Å². The van der Waals surface area contributed by atoms with Crippen molar-refractivity contribution in [1.29, 1.82) is 0 Å². The van der Waals surface area contributed by atoms with Crippen LogP contribution in [-0.2, 0) is 4.74 Å². The molecule has 0 saturated heterocycles. The summed E-state index contributed by atoms with van der Waals surface area (Å²) in [4.78, 5) is 0. The first kappa shape index (κ1) is 13.0. The van der Waals surface area contributed by atoms with Crippen LogP contribution in [0.3, 0.4) is 0 Å². The summed E-state index contributed by atoms with van der Waals surface area (Å²) >= 11 is 0. The van der Waals surface area contributed by atoms with Gasteiger partial charge in [-0.3, -0.25) is 0 Å². The zero-order chi connectivity index (χ0) is 11.5. The molecule has 1 rings (SSSR count). The summed E-state index contributed by atoms with van der Waals surface area (Å²) < 4.78 is 5.94. The smallest absolute Gasteiger partial charge is 0.0655 e. The van der Waals surface area contributed by atoms with Gasteiger partial charge in [0.2, 0.25) is 0 Å². The minimum absolute atomic E-state index is 0.312. The molecule has 1 aliphatic carbocycles. The second kappa shape index (κ2) is 5.31. The standard InChI is InChI=1S/C13H27NO/c1-10(2)7-6-8-15-12-9-11(14-5)13(12,3)4/h10-12,14H,6-9H2,1-5H3. The first-order chi connectivity index (χ1) is 6.98. The van der Waals surface area contributed by atoms with Gasteiger partial charge in [0.1, 0.15) is 0 Å². The molecule has 2 heteroatoms. The van der Waals surface area contributed by atoms with E-state index in [-0.39, 0.29) is 0 Å². The van der Waals surface area contributed by atoms with E-state index in [9.17, 15) is 0 Å². The van der Waals surface area contributed by atoms with E-state index in [1.807, 2.05) is 7.05 Å². The average molecular weight is 213 g/mol. The van der Waals surface area contributed by atoms with E-state index in [0.29, 0.717) is 17.6 Å². The molecule has 0 aromatic carbocycles. The van der Waals surface area contributed by atoms with E-state index in [0.717, 1.165) is 12.5 Å². The lowest BCUT2D eigenvalue weighted by molar-refractivity contribution is -0.116. The van der Waals surface area contributed by atoms with E-state index in [1.165, 1.54) is 19.3 Å². The van der Waals surface area contributed by atoms with Gasteiger partial charge in [-0.1, -0.05) is 27.7 Å². The Morgan fingerprint density at radius 3 is 2.53 bits per heavy atom. The van der Waals surface area contributed by atoms with Crippen molar-refractivity contribution in [2.75, 3.05) is 13.7 Å². The van der Waals surface area contributed by atoms with Gasteiger partial charge in [-0.05, 0) is 32.2 Å². The first-order valence-electron chi connectivity index (χ1n) is 6.27. The van der Waals surface area contributed by atoms with Gasteiger partial charge in [-0.15, -0.1) is 0 Å². The normalized spacial score (nSPS) is 29.2. The van der Waals surface area contributed by atoms with Gasteiger partial charge in [-0.2, -0.15) is 0 Å². The zero-order valence-corrected chi connectivity index (χ0v) is 11.0. The molecule has 0 heterocycles. The van der Waals surface area contributed by atoms with E-state index < -0.39 is 0 Å². The maximum Gasteiger partial charge on any atom is 0.0655 e. The fourth-order valence-electron chi connectivity index (χ4n) is 2.38. The molecular weight excluding hydrogens is 186 g/mol. The Labute approximate surface area is 94.8 Å². The summed E-state index contributed by atoms with van der Waals surface area (Å²) in [6, 6.07) is 0.632. The number of hydrogen-bond donors (Lipinski definition) is 1. The molecule has 90 valence electrons. The van der Waals surface area contributed by atoms with E-state index in [4.69, 9.17) is 4.74 Å². The quantitative estimate of drug-likeness (QED) is 0.685. The van der Waals surface area contributed by atoms with Gasteiger partial charge in [0.15, 0.2) is 0 Å². The third-order valence-electron chi connectivity index (χ3n) is 3.77. The summed E-state index contributed by atoms with van der Waals surface area (Å²) in [7, 11) is 2.04. The van der Waals surface area contributed by atoms with E-state index in [2.05, 4.69) is 33.0 Å². The number of rotatable bonds is 6. The molecule has 1 N–H and O–H groups in total. The highest BCUT2D eigenvalue weighted by atomic mass is 16.5. The van der Waals surface area contributed by atoms with Crippen LogP contribution in [0.15, 0.2) is 0 Å². The Balaban J connectivity index is 2.14. The number of nitrogens with one attached hydrogen (secondary N) is 1. The predicted octanol–water partition coefficient (Wildman–Crippen LogP) is 2.83. The van der Waals surface area contributed by atoms with Crippen LogP contribution < -0.4 is 5.32 Å². The zero-order valence-electron chi connectivity index (χ0n) is 11.0. The molecule has 0 spiro atoms. The molecule has 2 unspecified atom stereocenters. The van der Waals surface area contributed by atoms with Gasteiger partial charge in [0, 0.05) is 18.1 Å². The Bertz CT molecular complexity index is 189. The highest BCUT2D eigenvalue weighted by molar-refractivity contribution is 5.02. The van der Waals surface area contributed by atoms with Crippen LogP contribution in [0.5, 0.6) is 0 Å². The lowest BCUT2D eigenvalue weighted by atomic mass is 9.64. The monoisotopic (exact) mass is 213 g/mol. The Kier molecular flexibility index (Phi) is 4.60. The van der Waals surface area contributed by atoms with Crippen molar-refractivity contribution in [2.45, 2.75) is 59.1 Å². The van der Waals surface area contributed by atoms with Crippen molar-refractivity contribution in [3.05, 3.63) is 0 Å². The van der Waals surface area contributed by atoms with Gasteiger partial charge in [-0.25, -0.2) is 0 Å². The predicted molar refractivity (Wildman–Crippen MR) is 65.1 cm³/mol. The molecule has 1 aliphatic rings. The van der Waals surface area contributed by atoms with Crippen LogP contribution in [0.25, 0.3) is 0 Å². The van der Waals surface area contributed by atoms with Gasteiger partial charge in [0.25, 0.3) is 0 Å². The second-order valence-electron chi connectivity index (χ2n) is 5.79. The van der Waals surface area contributed by atoms with Crippen LogP contribution in [0.2, 0.25) is 0 Å². The van der Waals surface area contributed by atoms with Crippen LogP contribution >= 0.6 is 0 Å². The van der Waals surface area contributed by atoms with Gasteiger partial charge >= 0.3 is 0 Å². The third kappa shape index (κ3) is 3.18. The maximum atomic E-state index is 5.94. The highest BCUT2D eigenvalue weighted by Gasteiger charge is 2.47. The second-order valence-corrected chi connectivity index (χ2v) is 5.79. The summed E-state index contributed by atoms with van der Waals surface area (Å²) in [5.41, 5.74) is 0.312. The fraction of sp³-hybridized carbons (Fsp3) is 1.00. The number of ether oxygens (including phenoxy) is 1. The Morgan fingerprint density at radius 1 is 1.40 bits per heavy atom. The molecule has 0 amide bonds. The summed E-state index contributed by atoms with van der Waals surface area (Å²) in [5, 5.41) is 3.35. The minimum Gasteiger partial charge on any atom is -0.378 e. The van der Waals surface area contributed by atoms with Crippen molar-refractivity contribution < 1.29 is 4.74 Å². The minimum atomic E-state index is 0.312. The molecule has 0 aromatic heterocycles. The van der Waals surface area contributed by atoms with Crippen molar-refractivity contribution in [2.24, 2.45) is 11.3 Å².